The summed E-state index contributed by atoms with van der Waals surface area (Å²) in [5.41, 5.74) is 4.13. The molecule has 1 aromatic heterocycles. The zero-order chi connectivity index (χ0) is 14.8. The lowest BCUT2D eigenvalue weighted by molar-refractivity contribution is -0.101. The summed E-state index contributed by atoms with van der Waals surface area (Å²) in [6.45, 7) is 9.21. The van der Waals surface area contributed by atoms with E-state index in [9.17, 15) is 5.11 Å². The Morgan fingerprint density at radius 1 is 1.40 bits per heavy atom. The van der Waals surface area contributed by atoms with E-state index in [4.69, 9.17) is 4.74 Å². The van der Waals surface area contributed by atoms with Gasteiger partial charge in [-0.1, -0.05) is 31.6 Å². The van der Waals surface area contributed by atoms with Gasteiger partial charge in [0.2, 0.25) is 0 Å². The van der Waals surface area contributed by atoms with Crippen LogP contribution in [-0.4, -0.2) is 30.9 Å². The van der Waals surface area contributed by atoms with Crippen LogP contribution in [0.15, 0.2) is 18.3 Å². The molecule has 0 spiro atoms. The van der Waals surface area contributed by atoms with Gasteiger partial charge in [-0.15, -0.1) is 5.54 Å². The first-order valence-corrected chi connectivity index (χ1v) is 10.6. The quantitative estimate of drug-likeness (QED) is 0.638. The van der Waals surface area contributed by atoms with E-state index in [2.05, 4.69) is 36.1 Å². The maximum atomic E-state index is 10.7. The Labute approximate surface area is 122 Å². The van der Waals surface area contributed by atoms with E-state index in [1.54, 1.807) is 6.20 Å². The van der Waals surface area contributed by atoms with Gasteiger partial charge < -0.3 is 9.84 Å². The van der Waals surface area contributed by atoms with Gasteiger partial charge in [-0.2, -0.15) is 0 Å². The minimum Gasteiger partial charge on any atom is -0.385 e. The fourth-order valence-electron chi connectivity index (χ4n) is 2.32. The molecule has 1 aromatic rings. The van der Waals surface area contributed by atoms with Crippen LogP contribution in [0.25, 0.3) is 0 Å². The highest BCUT2D eigenvalue weighted by atomic mass is 28.3. The van der Waals surface area contributed by atoms with Gasteiger partial charge in [0.15, 0.2) is 0 Å². The van der Waals surface area contributed by atoms with Crippen LogP contribution in [0.1, 0.15) is 31.0 Å². The van der Waals surface area contributed by atoms with E-state index in [1.807, 2.05) is 19.1 Å². The Morgan fingerprint density at radius 2 is 2.15 bits per heavy atom. The maximum absolute atomic E-state index is 10.7. The van der Waals surface area contributed by atoms with Crippen LogP contribution in [-0.2, 0) is 10.3 Å². The van der Waals surface area contributed by atoms with E-state index in [0.29, 0.717) is 19.4 Å². The van der Waals surface area contributed by atoms with Gasteiger partial charge in [0.05, 0.1) is 18.3 Å². The molecule has 1 aliphatic heterocycles. The van der Waals surface area contributed by atoms with Crippen LogP contribution < -0.4 is 0 Å². The molecule has 4 heteroatoms. The zero-order valence-corrected chi connectivity index (χ0v) is 13.7. The highest BCUT2D eigenvalue weighted by Crippen LogP contribution is 2.34. The smallest absolute Gasteiger partial charge is 0.129 e. The third-order valence-electron chi connectivity index (χ3n) is 3.41. The Hall–Kier alpha value is -1.15. The fraction of sp³-hybridized carbons (Fsp3) is 0.562. The van der Waals surface area contributed by atoms with Crippen LogP contribution in [0, 0.1) is 11.5 Å². The molecule has 1 fully saturated rings. The van der Waals surface area contributed by atoms with Crippen molar-refractivity contribution >= 4 is 8.07 Å². The van der Waals surface area contributed by atoms with E-state index < -0.39 is 13.7 Å². The normalized spacial score (nSPS) is 26.8. The molecule has 20 heavy (non-hydrogen) atoms. The lowest BCUT2D eigenvalue weighted by Crippen LogP contribution is -2.37. The van der Waals surface area contributed by atoms with Crippen molar-refractivity contribution in [1.82, 2.24) is 4.98 Å². The number of aromatic nitrogens is 1. The number of ether oxygens (including phenoxy) is 1. The van der Waals surface area contributed by atoms with E-state index >= 15 is 0 Å². The molecule has 2 heterocycles. The van der Waals surface area contributed by atoms with Crippen molar-refractivity contribution in [2.45, 2.75) is 51.1 Å². The highest BCUT2D eigenvalue weighted by Gasteiger charge is 2.35. The molecule has 0 radical (unpaired) electrons. The molecule has 2 unspecified atom stereocenters. The van der Waals surface area contributed by atoms with Gasteiger partial charge in [-0.25, -0.2) is 4.98 Å². The van der Waals surface area contributed by atoms with Crippen LogP contribution in [0.3, 0.4) is 0 Å². The second-order valence-electron chi connectivity index (χ2n) is 6.60. The average molecular weight is 289 g/mol. The number of nitrogens with zero attached hydrogens (tertiary/aromatic N) is 1. The standard InChI is InChI=1S/C16H23NO2Si/c1-13-11-16(18,8-9-19-13)14-5-6-15(17-12-14)7-10-20(2,3)4/h5-6,12-13,18H,8-9,11H2,1-4H3. The van der Waals surface area contributed by atoms with E-state index in [-0.39, 0.29) is 6.10 Å². The Balaban J connectivity index is 2.17. The summed E-state index contributed by atoms with van der Waals surface area (Å²) in [5.74, 6) is 3.13. The molecular formula is C16H23NO2Si. The SMILES string of the molecule is CC1CC(O)(c2ccc(C#C[Si](C)(C)C)nc2)CCO1. The first kappa shape index (κ1) is 15.2. The predicted octanol–water partition coefficient (Wildman–Crippen LogP) is 2.70. The lowest BCUT2D eigenvalue weighted by atomic mass is 9.85. The number of pyridine rings is 1. The summed E-state index contributed by atoms with van der Waals surface area (Å²) >= 11 is 0. The number of hydrogen-bond donors (Lipinski definition) is 1. The van der Waals surface area contributed by atoms with Crippen LogP contribution in [0.2, 0.25) is 19.6 Å². The van der Waals surface area contributed by atoms with Crippen molar-refractivity contribution in [3.8, 4) is 11.5 Å². The molecule has 0 bridgehead atoms. The molecule has 0 aromatic carbocycles. The summed E-state index contributed by atoms with van der Waals surface area (Å²) in [7, 11) is -1.38. The molecule has 0 aliphatic carbocycles. The molecule has 2 atom stereocenters. The maximum Gasteiger partial charge on any atom is 0.129 e. The van der Waals surface area contributed by atoms with Gasteiger partial charge in [-0.05, 0) is 13.0 Å². The molecule has 1 aliphatic rings. The average Bonchev–Trinajstić information content (AvgIpc) is 2.36. The molecule has 108 valence electrons. The molecule has 1 N–H and O–H groups in total. The summed E-state index contributed by atoms with van der Waals surface area (Å²) < 4.78 is 5.50. The van der Waals surface area contributed by atoms with Gasteiger partial charge in [0, 0.05) is 24.6 Å². The summed E-state index contributed by atoms with van der Waals surface area (Å²) in [4.78, 5) is 4.37. The number of rotatable bonds is 1. The van der Waals surface area contributed by atoms with Crippen molar-refractivity contribution in [2.24, 2.45) is 0 Å². The van der Waals surface area contributed by atoms with E-state index in [1.165, 1.54) is 0 Å². The molecule has 0 amide bonds. The lowest BCUT2D eigenvalue weighted by Gasteiger charge is -2.35. The number of aliphatic hydroxyl groups is 1. The van der Waals surface area contributed by atoms with Crippen LogP contribution in [0.4, 0.5) is 0 Å². The molecule has 2 rings (SSSR count). The largest absolute Gasteiger partial charge is 0.385 e. The monoisotopic (exact) mass is 289 g/mol. The molecule has 1 saturated heterocycles. The first-order chi connectivity index (χ1) is 9.28. The third kappa shape index (κ3) is 3.92. The summed E-state index contributed by atoms with van der Waals surface area (Å²) in [6.07, 6.45) is 3.08. The van der Waals surface area contributed by atoms with Crippen molar-refractivity contribution in [3.63, 3.8) is 0 Å². The van der Waals surface area contributed by atoms with Gasteiger partial charge >= 0.3 is 0 Å². The van der Waals surface area contributed by atoms with Crippen LogP contribution in [0.5, 0.6) is 0 Å². The topological polar surface area (TPSA) is 42.4 Å². The zero-order valence-electron chi connectivity index (χ0n) is 12.7. The number of hydrogen-bond acceptors (Lipinski definition) is 3. The van der Waals surface area contributed by atoms with Crippen molar-refractivity contribution in [1.29, 1.82) is 0 Å². The Bertz CT molecular complexity index is 524. The van der Waals surface area contributed by atoms with Gasteiger partial charge in [0.25, 0.3) is 0 Å². The Morgan fingerprint density at radius 3 is 2.70 bits per heavy atom. The molecule has 3 nitrogen and oxygen atoms in total. The second-order valence-corrected chi connectivity index (χ2v) is 11.3. The first-order valence-electron chi connectivity index (χ1n) is 7.12. The second kappa shape index (κ2) is 5.69. The molecule has 0 saturated carbocycles. The van der Waals surface area contributed by atoms with Crippen molar-refractivity contribution in [2.75, 3.05) is 6.61 Å². The van der Waals surface area contributed by atoms with Crippen molar-refractivity contribution < 1.29 is 9.84 Å². The minimum atomic E-state index is -1.38. The molecular weight excluding hydrogens is 266 g/mol. The third-order valence-corrected chi connectivity index (χ3v) is 4.28. The fourth-order valence-corrected chi connectivity index (χ4v) is 2.83. The summed E-state index contributed by atoms with van der Waals surface area (Å²) in [6, 6.07) is 3.85. The van der Waals surface area contributed by atoms with Crippen LogP contribution >= 0.6 is 0 Å². The van der Waals surface area contributed by atoms with Crippen molar-refractivity contribution in [3.05, 3.63) is 29.6 Å². The van der Waals surface area contributed by atoms with Gasteiger partial charge in [-0.3, -0.25) is 0 Å². The minimum absolute atomic E-state index is 0.0834. The Kier molecular flexibility index (Phi) is 4.33. The highest BCUT2D eigenvalue weighted by molar-refractivity contribution is 6.83. The van der Waals surface area contributed by atoms with Gasteiger partial charge in [0.1, 0.15) is 13.8 Å². The van der Waals surface area contributed by atoms with E-state index in [0.717, 1.165) is 11.3 Å². The predicted molar refractivity (Wildman–Crippen MR) is 83.0 cm³/mol. The summed E-state index contributed by atoms with van der Waals surface area (Å²) in [5, 5.41) is 10.7.